The van der Waals surface area contributed by atoms with Gasteiger partial charge in [0.25, 0.3) is 0 Å². The van der Waals surface area contributed by atoms with Crippen LogP contribution in [-0.4, -0.2) is 23.3 Å². The summed E-state index contributed by atoms with van der Waals surface area (Å²) in [5.41, 5.74) is -0.321. The highest BCUT2D eigenvalue weighted by atomic mass is 16.3. The van der Waals surface area contributed by atoms with Crippen molar-refractivity contribution < 1.29 is 5.11 Å². The minimum absolute atomic E-state index is 0.321. The van der Waals surface area contributed by atoms with Crippen LogP contribution in [-0.2, 0) is 0 Å². The lowest BCUT2D eigenvalue weighted by Crippen LogP contribution is -2.57. The molecule has 0 aromatic carbocycles. The molecule has 10 heavy (non-hydrogen) atoms. The zero-order valence-corrected chi connectivity index (χ0v) is 6.27. The van der Waals surface area contributed by atoms with Gasteiger partial charge in [-0.05, 0) is 25.8 Å². The molecule has 1 saturated carbocycles. The molecule has 2 nitrogen and oxygen atoms in total. The Balaban J connectivity index is 1.98. The lowest BCUT2D eigenvalue weighted by molar-refractivity contribution is -0.0147. The molecule has 2 rings (SSSR count). The summed E-state index contributed by atoms with van der Waals surface area (Å²) < 4.78 is 0. The van der Waals surface area contributed by atoms with Crippen LogP contribution in [0.25, 0.3) is 0 Å². The normalized spacial score (nSPS) is 37.5. The molecule has 2 heteroatoms. The molecule has 2 N–H and O–H groups in total. The van der Waals surface area contributed by atoms with Gasteiger partial charge >= 0.3 is 0 Å². The summed E-state index contributed by atoms with van der Waals surface area (Å²) in [5, 5.41) is 13.2. The van der Waals surface area contributed by atoms with Gasteiger partial charge < -0.3 is 10.4 Å². The predicted molar refractivity (Wildman–Crippen MR) is 39.8 cm³/mol. The van der Waals surface area contributed by atoms with Gasteiger partial charge in [-0.15, -0.1) is 0 Å². The smallest absolute Gasteiger partial charge is 0.0800 e. The van der Waals surface area contributed by atoms with E-state index in [0.29, 0.717) is 6.04 Å². The van der Waals surface area contributed by atoms with Gasteiger partial charge in [0.15, 0.2) is 0 Å². The number of aliphatic hydroxyl groups is 1. The Bertz CT molecular complexity index is 125. The molecule has 1 saturated heterocycles. The van der Waals surface area contributed by atoms with Gasteiger partial charge in [-0.3, -0.25) is 0 Å². The molecule has 0 radical (unpaired) electrons. The molecule has 1 heterocycles. The lowest BCUT2D eigenvalue weighted by Gasteiger charge is -2.39. The summed E-state index contributed by atoms with van der Waals surface area (Å²) in [6, 6.07) is 0.426. The third kappa shape index (κ3) is 0.867. The van der Waals surface area contributed by atoms with Crippen LogP contribution in [0.5, 0.6) is 0 Å². The van der Waals surface area contributed by atoms with Crippen LogP contribution in [0.3, 0.4) is 0 Å². The van der Waals surface area contributed by atoms with Crippen LogP contribution in [0.2, 0.25) is 0 Å². The number of rotatable bonds is 1. The highest BCUT2D eigenvalue weighted by Gasteiger charge is 2.41. The first kappa shape index (κ1) is 6.62. The molecule has 2 fully saturated rings. The van der Waals surface area contributed by atoms with E-state index < -0.39 is 0 Å². The zero-order valence-electron chi connectivity index (χ0n) is 6.27. The van der Waals surface area contributed by atoms with Crippen molar-refractivity contribution in [3.63, 3.8) is 0 Å². The quantitative estimate of drug-likeness (QED) is 0.562. The summed E-state index contributed by atoms with van der Waals surface area (Å²) >= 11 is 0. The third-order valence-corrected chi connectivity index (χ3v) is 2.94. The number of hydrogen-bond acceptors (Lipinski definition) is 2. The molecular formula is C8H15NO. The standard InChI is InChI=1S/C8H15NO/c10-8(4-1-2-5-8)7-3-6-9-7/h7,9-10H,1-6H2/t7-/m0/s1. The van der Waals surface area contributed by atoms with Gasteiger partial charge in [0, 0.05) is 6.04 Å². The lowest BCUT2D eigenvalue weighted by atomic mass is 9.86. The fraction of sp³-hybridized carbons (Fsp3) is 1.00. The zero-order chi connectivity index (χ0) is 7.03. The van der Waals surface area contributed by atoms with Crippen LogP contribution in [0, 0.1) is 0 Å². The molecule has 0 unspecified atom stereocenters. The molecule has 0 spiro atoms. The van der Waals surface area contributed by atoms with E-state index in [1.54, 1.807) is 0 Å². The van der Waals surface area contributed by atoms with Crippen LogP contribution in [0.4, 0.5) is 0 Å². The van der Waals surface area contributed by atoms with Gasteiger partial charge in [-0.25, -0.2) is 0 Å². The van der Waals surface area contributed by atoms with Crippen molar-refractivity contribution in [2.45, 2.75) is 43.7 Å². The molecule has 2 aliphatic rings. The van der Waals surface area contributed by atoms with Crippen molar-refractivity contribution >= 4 is 0 Å². The third-order valence-electron chi connectivity index (χ3n) is 2.94. The average molecular weight is 141 g/mol. The van der Waals surface area contributed by atoms with Crippen molar-refractivity contribution in [3.8, 4) is 0 Å². The summed E-state index contributed by atoms with van der Waals surface area (Å²) in [5.74, 6) is 0. The van der Waals surface area contributed by atoms with E-state index in [-0.39, 0.29) is 5.60 Å². The maximum Gasteiger partial charge on any atom is 0.0800 e. The molecule has 1 aliphatic heterocycles. The first-order valence-corrected chi connectivity index (χ1v) is 4.27. The minimum atomic E-state index is -0.321. The Morgan fingerprint density at radius 2 is 1.90 bits per heavy atom. The Labute approximate surface area is 61.6 Å². The molecular weight excluding hydrogens is 126 g/mol. The highest BCUT2D eigenvalue weighted by Crippen LogP contribution is 2.35. The first-order chi connectivity index (χ1) is 4.81. The second-order valence-corrected chi connectivity index (χ2v) is 3.61. The van der Waals surface area contributed by atoms with E-state index in [9.17, 15) is 5.11 Å². The molecule has 0 amide bonds. The van der Waals surface area contributed by atoms with Gasteiger partial charge in [-0.1, -0.05) is 12.8 Å². The minimum Gasteiger partial charge on any atom is -0.388 e. The Morgan fingerprint density at radius 1 is 1.30 bits per heavy atom. The molecule has 1 aliphatic carbocycles. The largest absolute Gasteiger partial charge is 0.388 e. The van der Waals surface area contributed by atoms with E-state index in [4.69, 9.17) is 0 Å². The number of hydrogen-bond donors (Lipinski definition) is 2. The highest BCUT2D eigenvalue weighted by molar-refractivity contribution is 4.99. The van der Waals surface area contributed by atoms with Crippen LogP contribution >= 0.6 is 0 Å². The second kappa shape index (κ2) is 2.21. The fourth-order valence-corrected chi connectivity index (χ4v) is 2.08. The topological polar surface area (TPSA) is 32.3 Å². The summed E-state index contributed by atoms with van der Waals surface area (Å²) in [7, 11) is 0. The monoisotopic (exact) mass is 141 g/mol. The van der Waals surface area contributed by atoms with Crippen molar-refractivity contribution in [1.82, 2.24) is 5.32 Å². The molecule has 0 bridgehead atoms. The molecule has 1 atom stereocenters. The van der Waals surface area contributed by atoms with Gasteiger partial charge in [-0.2, -0.15) is 0 Å². The van der Waals surface area contributed by atoms with Crippen molar-refractivity contribution in [2.75, 3.05) is 6.54 Å². The van der Waals surface area contributed by atoms with E-state index in [0.717, 1.165) is 19.4 Å². The van der Waals surface area contributed by atoms with Crippen molar-refractivity contribution in [1.29, 1.82) is 0 Å². The van der Waals surface area contributed by atoms with Crippen LogP contribution in [0.15, 0.2) is 0 Å². The van der Waals surface area contributed by atoms with Crippen molar-refractivity contribution in [3.05, 3.63) is 0 Å². The van der Waals surface area contributed by atoms with E-state index in [1.165, 1.54) is 19.3 Å². The fourth-order valence-electron chi connectivity index (χ4n) is 2.08. The Hall–Kier alpha value is -0.0800. The SMILES string of the molecule is OC1([C@@H]2CCN2)CCCC1. The van der Waals surface area contributed by atoms with Crippen LogP contribution in [0.1, 0.15) is 32.1 Å². The summed E-state index contributed by atoms with van der Waals surface area (Å²) in [4.78, 5) is 0. The van der Waals surface area contributed by atoms with E-state index in [1.807, 2.05) is 0 Å². The Morgan fingerprint density at radius 3 is 2.30 bits per heavy atom. The maximum absolute atomic E-state index is 9.95. The van der Waals surface area contributed by atoms with Crippen molar-refractivity contribution in [2.24, 2.45) is 0 Å². The molecule has 0 aromatic rings. The summed E-state index contributed by atoms with van der Waals surface area (Å²) in [6.45, 7) is 1.10. The predicted octanol–water partition coefficient (Wildman–Crippen LogP) is 0.653. The molecule has 58 valence electrons. The molecule has 0 aromatic heterocycles. The maximum atomic E-state index is 9.95. The van der Waals surface area contributed by atoms with Crippen LogP contribution < -0.4 is 5.32 Å². The van der Waals surface area contributed by atoms with Gasteiger partial charge in [0.2, 0.25) is 0 Å². The average Bonchev–Trinajstić information content (AvgIpc) is 2.09. The van der Waals surface area contributed by atoms with E-state index >= 15 is 0 Å². The summed E-state index contributed by atoms with van der Waals surface area (Å²) in [6.07, 6.45) is 5.65. The first-order valence-electron chi connectivity index (χ1n) is 4.27. The van der Waals surface area contributed by atoms with Gasteiger partial charge in [0.1, 0.15) is 0 Å². The Kier molecular flexibility index (Phi) is 1.46. The van der Waals surface area contributed by atoms with Gasteiger partial charge in [0.05, 0.1) is 5.60 Å². The van der Waals surface area contributed by atoms with E-state index in [2.05, 4.69) is 5.32 Å². The second-order valence-electron chi connectivity index (χ2n) is 3.61. The number of nitrogens with one attached hydrogen (secondary N) is 1.